The number of anilines is 1. The summed E-state index contributed by atoms with van der Waals surface area (Å²) >= 11 is 0. The van der Waals surface area contributed by atoms with Gasteiger partial charge in [0.2, 0.25) is 0 Å². The number of carbonyl (C=O) groups is 1. The second kappa shape index (κ2) is 7.07. The fraction of sp³-hybridized carbons (Fsp3) is 0.333. The van der Waals surface area contributed by atoms with E-state index in [4.69, 9.17) is 0 Å². The number of phenolic OH excluding ortho intramolecular Hbond substituents is 1. The summed E-state index contributed by atoms with van der Waals surface area (Å²) in [6, 6.07) is 5.58. The standard InChI is InChI=1S/C18H22N2O2/c1-12(2)10-13(3)19-17-9-6-15(11-18(17)22)20-14-4-7-16(21)8-5-14/h4-9,11-13,19,22H,10H2,1-3H3. The van der Waals surface area contributed by atoms with E-state index < -0.39 is 0 Å². The Labute approximate surface area is 131 Å². The molecule has 0 radical (unpaired) electrons. The quantitative estimate of drug-likeness (QED) is 0.638. The third kappa shape index (κ3) is 4.58. The van der Waals surface area contributed by atoms with Gasteiger partial charge in [-0.25, -0.2) is 4.99 Å². The smallest absolute Gasteiger partial charge is 0.178 e. The van der Waals surface area contributed by atoms with E-state index in [-0.39, 0.29) is 11.5 Å². The van der Waals surface area contributed by atoms with Crippen LogP contribution in [0.4, 0.5) is 11.4 Å². The van der Waals surface area contributed by atoms with Crippen LogP contribution in [0.25, 0.3) is 0 Å². The number of benzene rings is 1. The molecule has 0 saturated carbocycles. The molecule has 22 heavy (non-hydrogen) atoms. The molecule has 0 aromatic heterocycles. The molecule has 1 unspecified atom stereocenters. The first-order chi connectivity index (χ1) is 10.4. The number of phenols is 1. The molecule has 0 heterocycles. The summed E-state index contributed by atoms with van der Waals surface area (Å²) in [5, 5.41) is 13.4. The van der Waals surface area contributed by atoms with Crippen molar-refractivity contribution in [2.75, 3.05) is 5.32 Å². The number of nitrogens with one attached hydrogen (secondary N) is 1. The lowest BCUT2D eigenvalue weighted by atomic mass is 10.0. The average Bonchev–Trinajstić information content (AvgIpc) is 2.43. The van der Waals surface area contributed by atoms with Crippen LogP contribution in [0.1, 0.15) is 27.2 Å². The predicted molar refractivity (Wildman–Crippen MR) is 91.0 cm³/mol. The fourth-order valence-corrected chi connectivity index (χ4v) is 2.41. The monoisotopic (exact) mass is 298 g/mol. The van der Waals surface area contributed by atoms with Crippen LogP contribution in [0, 0.1) is 5.92 Å². The average molecular weight is 298 g/mol. The molecule has 1 aliphatic rings. The maximum Gasteiger partial charge on any atom is 0.178 e. The molecule has 1 atom stereocenters. The largest absolute Gasteiger partial charge is 0.506 e. The lowest BCUT2D eigenvalue weighted by molar-refractivity contribution is -0.110. The van der Waals surface area contributed by atoms with Crippen molar-refractivity contribution in [3.05, 3.63) is 42.5 Å². The summed E-state index contributed by atoms with van der Waals surface area (Å²) in [4.78, 5) is 15.4. The molecular formula is C18H22N2O2. The molecule has 116 valence electrons. The fourth-order valence-electron chi connectivity index (χ4n) is 2.41. The zero-order valence-corrected chi connectivity index (χ0v) is 13.2. The van der Waals surface area contributed by atoms with Crippen LogP contribution < -0.4 is 5.32 Å². The number of ketones is 1. The minimum atomic E-state index is -0.0412. The van der Waals surface area contributed by atoms with Crippen LogP contribution in [-0.4, -0.2) is 22.6 Å². The molecule has 1 aromatic rings. The molecule has 0 spiro atoms. The first-order valence-electron chi connectivity index (χ1n) is 7.52. The van der Waals surface area contributed by atoms with E-state index in [0.717, 1.165) is 6.42 Å². The molecule has 0 bridgehead atoms. The summed E-state index contributed by atoms with van der Waals surface area (Å²) < 4.78 is 0. The zero-order valence-electron chi connectivity index (χ0n) is 13.2. The van der Waals surface area contributed by atoms with E-state index in [1.807, 2.05) is 12.1 Å². The molecule has 1 aliphatic carbocycles. The highest BCUT2D eigenvalue weighted by Crippen LogP contribution is 2.29. The Morgan fingerprint density at radius 3 is 2.41 bits per heavy atom. The molecule has 0 aliphatic heterocycles. The molecule has 2 N–H and O–H groups in total. The van der Waals surface area contributed by atoms with Crippen molar-refractivity contribution in [2.24, 2.45) is 10.9 Å². The van der Waals surface area contributed by atoms with Crippen molar-refractivity contribution < 1.29 is 9.90 Å². The van der Waals surface area contributed by atoms with Gasteiger partial charge in [0.1, 0.15) is 5.75 Å². The SMILES string of the molecule is CC(C)CC(C)Nc1ccc(N=C2C=CC(=O)C=C2)cc1O. The van der Waals surface area contributed by atoms with Crippen LogP contribution in [-0.2, 0) is 4.79 Å². The lowest BCUT2D eigenvalue weighted by Crippen LogP contribution is -2.17. The molecule has 0 fully saturated rings. The van der Waals surface area contributed by atoms with E-state index >= 15 is 0 Å². The Bertz CT molecular complexity index is 624. The third-order valence-corrected chi connectivity index (χ3v) is 3.30. The Morgan fingerprint density at radius 2 is 1.82 bits per heavy atom. The van der Waals surface area contributed by atoms with Crippen molar-refractivity contribution in [1.82, 2.24) is 0 Å². The molecule has 2 rings (SSSR count). The van der Waals surface area contributed by atoms with Gasteiger partial charge in [0.25, 0.3) is 0 Å². The normalized spacial score (nSPS) is 15.3. The van der Waals surface area contributed by atoms with E-state index in [1.165, 1.54) is 12.2 Å². The summed E-state index contributed by atoms with van der Waals surface area (Å²) in [7, 11) is 0. The third-order valence-electron chi connectivity index (χ3n) is 3.30. The number of rotatable bonds is 5. The number of aliphatic imine (C=N–C) groups is 1. The van der Waals surface area contributed by atoms with E-state index in [2.05, 4.69) is 31.1 Å². The molecule has 4 heteroatoms. The van der Waals surface area contributed by atoms with Crippen LogP contribution in [0.5, 0.6) is 5.75 Å². The van der Waals surface area contributed by atoms with Gasteiger partial charge in [-0.1, -0.05) is 13.8 Å². The van der Waals surface area contributed by atoms with Gasteiger partial charge in [0.05, 0.1) is 17.1 Å². The first-order valence-corrected chi connectivity index (χ1v) is 7.52. The second-order valence-corrected chi connectivity index (χ2v) is 5.98. The molecular weight excluding hydrogens is 276 g/mol. The number of allylic oxidation sites excluding steroid dienone is 4. The number of carbonyl (C=O) groups excluding carboxylic acids is 1. The van der Waals surface area contributed by atoms with Gasteiger partial charge in [-0.2, -0.15) is 0 Å². The van der Waals surface area contributed by atoms with Gasteiger partial charge in [0.15, 0.2) is 5.78 Å². The van der Waals surface area contributed by atoms with Gasteiger partial charge in [0, 0.05) is 12.1 Å². The maximum atomic E-state index is 11.1. The van der Waals surface area contributed by atoms with E-state index in [1.54, 1.807) is 18.2 Å². The summed E-state index contributed by atoms with van der Waals surface area (Å²) in [6.45, 7) is 6.45. The van der Waals surface area contributed by atoms with Crippen LogP contribution in [0.15, 0.2) is 47.5 Å². The first kappa shape index (κ1) is 16.0. The number of aromatic hydroxyl groups is 1. The maximum absolute atomic E-state index is 11.1. The molecule has 0 amide bonds. The number of hydrogen-bond acceptors (Lipinski definition) is 4. The Kier molecular flexibility index (Phi) is 5.15. The topological polar surface area (TPSA) is 61.7 Å². The van der Waals surface area contributed by atoms with Crippen molar-refractivity contribution in [2.45, 2.75) is 33.2 Å². The van der Waals surface area contributed by atoms with Crippen molar-refractivity contribution in [1.29, 1.82) is 0 Å². The van der Waals surface area contributed by atoms with Crippen LogP contribution in [0.3, 0.4) is 0 Å². The highest BCUT2D eigenvalue weighted by molar-refractivity contribution is 6.17. The van der Waals surface area contributed by atoms with Gasteiger partial charge in [-0.05, 0) is 55.7 Å². The summed E-state index contributed by atoms with van der Waals surface area (Å²) in [5.74, 6) is 0.737. The highest BCUT2D eigenvalue weighted by atomic mass is 16.3. The van der Waals surface area contributed by atoms with Gasteiger partial charge in [-0.15, -0.1) is 0 Å². The summed E-state index contributed by atoms with van der Waals surface area (Å²) in [6.07, 6.45) is 7.31. The van der Waals surface area contributed by atoms with Crippen molar-refractivity contribution in [3.8, 4) is 5.75 Å². The Hall–Kier alpha value is -2.36. The van der Waals surface area contributed by atoms with Gasteiger partial charge in [-0.3, -0.25) is 4.79 Å². The van der Waals surface area contributed by atoms with Crippen molar-refractivity contribution >= 4 is 22.9 Å². The Balaban J connectivity index is 2.10. The lowest BCUT2D eigenvalue weighted by Gasteiger charge is -2.18. The molecule has 1 aromatic carbocycles. The predicted octanol–water partition coefficient (Wildman–Crippen LogP) is 4.01. The second-order valence-electron chi connectivity index (χ2n) is 5.98. The van der Waals surface area contributed by atoms with Gasteiger partial charge < -0.3 is 10.4 Å². The van der Waals surface area contributed by atoms with E-state index in [9.17, 15) is 9.90 Å². The van der Waals surface area contributed by atoms with Crippen molar-refractivity contribution in [3.63, 3.8) is 0 Å². The minimum Gasteiger partial charge on any atom is -0.506 e. The van der Waals surface area contributed by atoms with Crippen LogP contribution >= 0.6 is 0 Å². The van der Waals surface area contributed by atoms with Crippen LogP contribution in [0.2, 0.25) is 0 Å². The minimum absolute atomic E-state index is 0.0412. The zero-order chi connectivity index (χ0) is 16.1. The number of hydrogen-bond donors (Lipinski definition) is 2. The molecule has 0 saturated heterocycles. The van der Waals surface area contributed by atoms with Gasteiger partial charge >= 0.3 is 0 Å². The van der Waals surface area contributed by atoms with E-state index in [0.29, 0.717) is 29.0 Å². The number of nitrogens with zero attached hydrogens (tertiary/aromatic N) is 1. The Morgan fingerprint density at radius 1 is 1.14 bits per heavy atom. The molecule has 4 nitrogen and oxygen atoms in total. The summed E-state index contributed by atoms with van der Waals surface area (Å²) in [5.41, 5.74) is 2.05. The highest BCUT2D eigenvalue weighted by Gasteiger charge is 2.08.